The quantitative estimate of drug-likeness (QED) is 0.0261. The molecule has 0 amide bonds. The van der Waals surface area contributed by atoms with Crippen LogP contribution in [0, 0.1) is 0 Å². The number of unbranched alkanes of at least 4 members (excludes halogenated alkanes) is 49. The van der Waals surface area contributed by atoms with Crippen molar-refractivity contribution in [2.45, 2.75) is 393 Å². The van der Waals surface area contributed by atoms with Crippen molar-refractivity contribution in [2.75, 3.05) is 13.2 Å². The highest BCUT2D eigenvalue weighted by Crippen LogP contribution is 2.18. The van der Waals surface area contributed by atoms with Gasteiger partial charge in [0.1, 0.15) is 13.2 Å². The summed E-state index contributed by atoms with van der Waals surface area (Å²) in [6, 6.07) is 0. The second-order valence-corrected chi connectivity index (χ2v) is 23.4. The SMILES string of the molecule is CCCCCCCC/C=C\CCCCCCCC(=O)OCC(COC(=O)CCCCCCCCCCCCCCCCC/C=C\CCCCCCCCCC)OC(=O)CCCCCCCCCCCCCCCCCC. The van der Waals surface area contributed by atoms with Gasteiger partial charge in [0.2, 0.25) is 0 Å². The van der Waals surface area contributed by atoms with Crippen LogP contribution in [0.1, 0.15) is 387 Å². The lowest BCUT2D eigenvalue weighted by atomic mass is 10.0. The van der Waals surface area contributed by atoms with Gasteiger partial charge in [-0.2, -0.15) is 0 Å². The van der Waals surface area contributed by atoms with E-state index in [2.05, 4.69) is 45.1 Å². The van der Waals surface area contributed by atoms with Gasteiger partial charge >= 0.3 is 17.9 Å². The maximum atomic E-state index is 12.9. The van der Waals surface area contributed by atoms with Gasteiger partial charge in [0.05, 0.1) is 0 Å². The third kappa shape index (κ3) is 62.7. The molecule has 0 saturated heterocycles. The topological polar surface area (TPSA) is 78.9 Å². The normalized spacial score (nSPS) is 12.1. The Morgan fingerprint density at radius 1 is 0.250 bits per heavy atom. The molecule has 0 spiro atoms. The molecule has 1 unspecified atom stereocenters. The van der Waals surface area contributed by atoms with E-state index in [0.29, 0.717) is 19.3 Å². The Kier molecular flexibility index (Phi) is 63.6. The molecule has 0 saturated carbocycles. The minimum atomic E-state index is -0.771. The summed E-state index contributed by atoms with van der Waals surface area (Å²) < 4.78 is 17.0. The van der Waals surface area contributed by atoms with E-state index in [1.54, 1.807) is 0 Å². The monoisotopic (exact) mass is 1070 g/mol. The number of esters is 3. The van der Waals surface area contributed by atoms with Gasteiger partial charge in [0.25, 0.3) is 0 Å². The van der Waals surface area contributed by atoms with Gasteiger partial charge in [-0.25, -0.2) is 0 Å². The molecule has 76 heavy (non-hydrogen) atoms. The van der Waals surface area contributed by atoms with Crippen LogP contribution in [0.5, 0.6) is 0 Å². The Balaban J connectivity index is 4.21. The summed E-state index contributed by atoms with van der Waals surface area (Å²) in [5.41, 5.74) is 0. The van der Waals surface area contributed by atoms with Crippen molar-refractivity contribution in [3.63, 3.8) is 0 Å². The molecule has 6 heteroatoms. The molecular formula is C70H132O6. The van der Waals surface area contributed by atoms with Crippen molar-refractivity contribution in [1.29, 1.82) is 0 Å². The van der Waals surface area contributed by atoms with E-state index in [1.165, 1.54) is 283 Å². The molecule has 0 fully saturated rings. The fourth-order valence-corrected chi connectivity index (χ4v) is 10.5. The fourth-order valence-electron chi connectivity index (χ4n) is 10.5. The van der Waals surface area contributed by atoms with Crippen LogP contribution in [0.15, 0.2) is 24.3 Å². The Morgan fingerprint density at radius 2 is 0.434 bits per heavy atom. The molecule has 0 aliphatic carbocycles. The number of hydrogen-bond acceptors (Lipinski definition) is 6. The van der Waals surface area contributed by atoms with Gasteiger partial charge in [-0.1, -0.05) is 321 Å². The number of ether oxygens (including phenoxy) is 3. The molecule has 0 aromatic heterocycles. The van der Waals surface area contributed by atoms with Crippen LogP contribution in [0.4, 0.5) is 0 Å². The summed E-state index contributed by atoms with van der Waals surface area (Å²) >= 11 is 0. The average molecular weight is 1070 g/mol. The molecule has 0 aliphatic rings. The average Bonchev–Trinajstić information content (AvgIpc) is 3.42. The summed E-state index contributed by atoms with van der Waals surface area (Å²) in [6.45, 7) is 6.70. The maximum absolute atomic E-state index is 12.9. The first-order valence-electron chi connectivity index (χ1n) is 34.3. The van der Waals surface area contributed by atoms with Gasteiger partial charge in [-0.05, 0) is 70.6 Å². The lowest BCUT2D eigenvalue weighted by Crippen LogP contribution is -2.30. The zero-order chi connectivity index (χ0) is 55.0. The molecule has 448 valence electrons. The van der Waals surface area contributed by atoms with Crippen LogP contribution >= 0.6 is 0 Å². The zero-order valence-corrected chi connectivity index (χ0v) is 51.6. The van der Waals surface area contributed by atoms with E-state index in [-0.39, 0.29) is 31.1 Å². The smallest absolute Gasteiger partial charge is 0.306 e. The van der Waals surface area contributed by atoms with Crippen molar-refractivity contribution in [1.82, 2.24) is 0 Å². The second-order valence-electron chi connectivity index (χ2n) is 23.4. The Morgan fingerprint density at radius 3 is 0.658 bits per heavy atom. The van der Waals surface area contributed by atoms with E-state index < -0.39 is 6.10 Å². The van der Waals surface area contributed by atoms with Gasteiger partial charge in [0.15, 0.2) is 6.10 Å². The van der Waals surface area contributed by atoms with Gasteiger partial charge in [-0.15, -0.1) is 0 Å². The standard InChI is InChI=1S/C70H132O6/c1-4-7-10-13-16-19-22-25-28-30-31-32-33-34-35-36-37-38-39-40-43-45-48-51-54-57-60-63-69(72)75-66-67(65-74-68(71)62-59-56-53-50-47-44-41-27-24-21-18-15-12-9-6-3)76-70(73)64-61-58-55-52-49-46-42-29-26-23-20-17-14-11-8-5-2/h27,30-31,41,67H,4-26,28-29,32-40,42-66H2,1-3H3/b31-30-,41-27-. The summed E-state index contributed by atoms with van der Waals surface area (Å²) in [6.07, 6.45) is 79.2. The first kappa shape index (κ1) is 73.9. The van der Waals surface area contributed by atoms with Crippen molar-refractivity contribution in [3.05, 3.63) is 24.3 Å². The summed E-state index contributed by atoms with van der Waals surface area (Å²) in [4.78, 5) is 38.4. The van der Waals surface area contributed by atoms with Crippen LogP contribution in [-0.4, -0.2) is 37.2 Å². The predicted molar refractivity (Wildman–Crippen MR) is 330 cm³/mol. The minimum absolute atomic E-state index is 0.0679. The highest BCUT2D eigenvalue weighted by atomic mass is 16.6. The molecule has 0 aliphatic heterocycles. The Hall–Kier alpha value is -2.11. The van der Waals surface area contributed by atoms with E-state index >= 15 is 0 Å². The first-order valence-corrected chi connectivity index (χ1v) is 34.3. The molecule has 0 rings (SSSR count). The second kappa shape index (κ2) is 65.4. The number of carbonyl (C=O) groups excluding carboxylic acids is 3. The van der Waals surface area contributed by atoms with Crippen molar-refractivity contribution in [2.24, 2.45) is 0 Å². The van der Waals surface area contributed by atoms with E-state index in [9.17, 15) is 14.4 Å². The highest BCUT2D eigenvalue weighted by molar-refractivity contribution is 5.71. The first-order chi connectivity index (χ1) is 37.5. The van der Waals surface area contributed by atoms with Crippen LogP contribution in [0.3, 0.4) is 0 Å². The number of allylic oxidation sites excluding steroid dienone is 4. The van der Waals surface area contributed by atoms with Crippen LogP contribution < -0.4 is 0 Å². The lowest BCUT2D eigenvalue weighted by molar-refractivity contribution is -0.167. The van der Waals surface area contributed by atoms with Crippen molar-refractivity contribution in [3.8, 4) is 0 Å². The van der Waals surface area contributed by atoms with E-state index in [0.717, 1.165) is 64.2 Å². The number of carbonyl (C=O) groups is 3. The van der Waals surface area contributed by atoms with Gasteiger partial charge in [-0.3, -0.25) is 14.4 Å². The largest absolute Gasteiger partial charge is 0.462 e. The summed E-state index contributed by atoms with van der Waals surface area (Å²) in [5, 5.41) is 0. The van der Waals surface area contributed by atoms with E-state index in [1.807, 2.05) is 0 Å². The molecule has 0 aromatic carbocycles. The molecule has 0 radical (unpaired) electrons. The minimum Gasteiger partial charge on any atom is -0.462 e. The summed E-state index contributed by atoms with van der Waals surface area (Å²) in [5.74, 6) is -0.847. The van der Waals surface area contributed by atoms with Crippen LogP contribution in [-0.2, 0) is 28.6 Å². The molecule has 0 heterocycles. The molecule has 1 atom stereocenters. The number of hydrogen-bond donors (Lipinski definition) is 0. The molecule has 0 bridgehead atoms. The fraction of sp³-hybridized carbons (Fsp3) is 0.900. The molecule has 6 nitrogen and oxygen atoms in total. The molecule has 0 aromatic rings. The highest BCUT2D eigenvalue weighted by Gasteiger charge is 2.19. The lowest BCUT2D eigenvalue weighted by Gasteiger charge is -2.18. The number of rotatable bonds is 64. The van der Waals surface area contributed by atoms with Gasteiger partial charge < -0.3 is 14.2 Å². The Labute approximate surface area is 474 Å². The maximum Gasteiger partial charge on any atom is 0.306 e. The zero-order valence-electron chi connectivity index (χ0n) is 51.6. The Bertz CT molecular complexity index is 1230. The van der Waals surface area contributed by atoms with Crippen LogP contribution in [0.2, 0.25) is 0 Å². The van der Waals surface area contributed by atoms with Crippen LogP contribution in [0.25, 0.3) is 0 Å². The summed E-state index contributed by atoms with van der Waals surface area (Å²) in [7, 11) is 0. The molecule has 0 N–H and O–H groups in total. The molecular weight excluding hydrogens is 937 g/mol. The third-order valence-corrected chi connectivity index (χ3v) is 15.7. The van der Waals surface area contributed by atoms with Crippen molar-refractivity contribution < 1.29 is 28.6 Å². The van der Waals surface area contributed by atoms with E-state index in [4.69, 9.17) is 14.2 Å². The van der Waals surface area contributed by atoms with Gasteiger partial charge in [0, 0.05) is 19.3 Å². The van der Waals surface area contributed by atoms with Crippen molar-refractivity contribution >= 4 is 17.9 Å². The third-order valence-electron chi connectivity index (χ3n) is 15.7. The predicted octanol–water partition coefficient (Wildman–Crippen LogP) is 23.4.